The van der Waals surface area contributed by atoms with Gasteiger partial charge < -0.3 is 10.1 Å². The fraction of sp³-hybridized carbons (Fsp3) is 0.833. The van der Waals surface area contributed by atoms with E-state index >= 15 is 0 Å². The van der Waals surface area contributed by atoms with Crippen molar-refractivity contribution in [3.63, 3.8) is 0 Å². The van der Waals surface area contributed by atoms with Gasteiger partial charge in [0.15, 0.2) is 0 Å². The van der Waals surface area contributed by atoms with Crippen LogP contribution in [-0.4, -0.2) is 18.2 Å². The number of fused-ring (bicyclic) bond motifs is 1. The van der Waals surface area contributed by atoms with Gasteiger partial charge in [-0.3, -0.25) is 0 Å². The first kappa shape index (κ1) is 5.09. The van der Waals surface area contributed by atoms with Crippen LogP contribution < -0.4 is 5.32 Å². The van der Waals surface area contributed by atoms with Gasteiger partial charge in [0.2, 0.25) is 0 Å². The quantitative estimate of drug-likeness (QED) is 0.518. The fourth-order valence-electron chi connectivity index (χ4n) is 1.56. The molecule has 1 aliphatic carbocycles. The van der Waals surface area contributed by atoms with Crippen LogP contribution in [0.15, 0.2) is 0 Å². The molecule has 0 aromatic heterocycles. The van der Waals surface area contributed by atoms with E-state index in [1.54, 1.807) is 0 Å². The second-order valence-electron chi connectivity index (χ2n) is 2.63. The van der Waals surface area contributed by atoms with Crippen molar-refractivity contribution in [2.45, 2.75) is 31.4 Å². The minimum Gasteiger partial charge on any atom is -0.444 e. The summed E-state index contributed by atoms with van der Waals surface area (Å²) >= 11 is 0. The summed E-state index contributed by atoms with van der Waals surface area (Å²) in [6.07, 6.45) is 3.29. The van der Waals surface area contributed by atoms with E-state index in [1.807, 2.05) is 0 Å². The van der Waals surface area contributed by atoms with Gasteiger partial charge in [-0.2, -0.15) is 0 Å². The summed E-state index contributed by atoms with van der Waals surface area (Å²) in [5.74, 6) is 0. The van der Waals surface area contributed by atoms with Crippen LogP contribution in [-0.2, 0) is 4.74 Å². The van der Waals surface area contributed by atoms with Gasteiger partial charge >= 0.3 is 6.09 Å². The molecule has 1 saturated carbocycles. The summed E-state index contributed by atoms with van der Waals surface area (Å²) in [4.78, 5) is 10.5. The van der Waals surface area contributed by atoms with Crippen LogP contribution in [0.25, 0.3) is 0 Å². The van der Waals surface area contributed by atoms with Gasteiger partial charge in [0.25, 0.3) is 0 Å². The molecule has 9 heavy (non-hydrogen) atoms. The van der Waals surface area contributed by atoms with Crippen LogP contribution in [0.4, 0.5) is 4.79 Å². The minimum atomic E-state index is -0.232. The topological polar surface area (TPSA) is 38.3 Å². The molecule has 1 amide bonds. The van der Waals surface area contributed by atoms with E-state index in [0.29, 0.717) is 6.04 Å². The fourth-order valence-corrected chi connectivity index (χ4v) is 1.56. The molecular weight excluding hydrogens is 118 g/mol. The van der Waals surface area contributed by atoms with Crippen molar-refractivity contribution in [3.05, 3.63) is 0 Å². The summed E-state index contributed by atoms with van der Waals surface area (Å²) in [6.45, 7) is 0. The average molecular weight is 127 g/mol. The molecule has 0 aromatic carbocycles. The van der Waals surface area contributed by atoms with E-state index in [2.05, 4.69) is 5.32 Å². The maximum atomic E-state index is 10.5. The van der Waals surface area contributed by atoms with Gasteiger partial charge in [0, 0.05) is 0 Å². The number of hydrogen-bond acceptors (Lipinski definition) is 2. The van der Waals surface area contributed by atoms with Crippen molar-refractivity contribution in [3.8, 4) is 0 Å². The van der Waals surface area contributed by atoms with Gasteiger partial charge in [0.05, 0.1) is 6.04 Å². The van der Waals surface area contributed by atoms with E-state index in [1.165, 1.54) is 6.42 Å². The zero-order valence-corrected chi connectivity index (χ0v) is 5.09. The molecule has 0 aromatic rings. The number of rotatable bonds is 0. The average Bonchev–Trinajstić information content (AvgIpc) is 2.22. The van der Waals surface area contributed by atoms with E-state index in [9.17, 15) is 4.79 Å². The van der Waals surface area contributed by atoms with Crippen molar-refractivity contribution in [1.82, 2.24) is 5.32 Å². The van der Waals surface area contributed by atoms with Crippen molar-refractivity contribution >= 4 is 6.09 Å². The molecule has 1 heterocycles. The standard InChI is InChI=1S/C6H9NO2/c8-6-7-4-2-1-3-5(4)9-6/h4-5H,1-3H2,(H,7,8)/t4-,5-/m0/s1. The van der Waals surface area contributed by atoms with Crippen LogP contribution in [0, 0.1) is 0 Å². The third-order valence-electron chi connectivity index (χ3n) is 2.01. The summed E-state index contributed by atoms with van der Waals surface area (Å²) in [5, 5.41) is 2.75. The molecule has 1 N–H and O–H groups in total. The number of nitrogens with one attached hydrogen (secondary N) is 1. The van der Waals surface area contributed by atoms with E-state index in [4.69, 9.17) is 4.74 Å². The number of carbonyl (C=O) groups is 1. The molecule has 2 fully saturated rings. The second kappa shape index (κ2) is 1.62. The van der Waals surface area contributed by atoms with Crippen molar-refractivity contribution in [1.29, 1.82) is 0 Å². The number of amides is 1. The van der Waals surface area contributed by atoms with E-state index in [-0.39, 0.29) is 12.2 Å². The zero-order valence-electron chi connectivity index (χ0n) is 5.09. The molecule has 2 aliphatic rings. The van der Waals surface area contributed by atoms with Gasteiger partial charge in [0.1, 0.15) is 6.10 Å². The highest BCUT2D eigenvalue weighted by molar-refractivity contribution is 5.70. The first-order chi connectivity index (χ1) is 4.36. The summed E-state index contributed by atoms with van der Waals surface area (Å²) in [6, 6.07) is 0.331. The third-order valence-corrected chi connectivity index (χ3v) is 2.01. The van der Waals surface area contributed by atoms with Crippen molar-refractivity contribution in [2.75, 3.05) is 0 Å². The Morgan fingerprint density at radius 3 is 3.22 bits per heavy atom. The van der Waals surface area contributed by atoms with Gasteiger partial charge in [-0.25, -0.2) is 4.79 Å². The number of alkyl carbamates (subject to hydrolysis) is 1. The Kier molecular flexibility index (Phi) is 0.917. The molecule has 0 spiro atoms. The number of ether oxygens (including phenoxy) is 1. The van der Waals surface area contributed by atoms with Crippen molar-refractivity contribution in [2.24, 2.45) is 0 Å². The molecule has 1 aliphatic heterocycles. The largest absolute Gasteiger partial charge is 0.444 e. The molecule has 0 unspecified atom stereocenters. The summed E-state index contributed by atoms with van der Waals surface area (Å²) in [7, 11) is 0. The number of carbonyl (C=O) groups excluding carboxylic acids is 1. The third kappa shape index (κ3) is 0.677. The molecule has 1 saturated heterocycles. The molecule has 2 rings (SSSR count). The number of hydrogen-bond donors (Lipinski definition) is 1. The Morgan fingerprint density at radius 1 is 1.56 bits per heavy atom. The van der Waals surface area contributed by atoms with Crippen LogP contribution in [0.3, 0.4) is 0 Å². The molecule has 3 heteroatoms. The van der Waals surface area contributed by atoms with Crippen LogP contribution in [0.5, 0.6) is 0 Å². The first-order valence-electron chi connectivity index (χ1n) is 3.33. The maximum Gasteiger partial charge on any atom is 0.407 e. The van der Waals surface area contributed by atoms with Gasteiger partial charge in [-0.1, -0.05) is 0 Å². The highest BCUT2D eigenvalue weighted by Crippen LogP contribution is 2.25. The maximum absolute atomic E-state index is 10.5. The van der Waals surface area contributed by atoms with Gasteiger partial charge in [-0.05, 0) is 19.3 Å². The molecule has 50 valence electrons. The monoisotopic (exact) mass is 127 g/mol. The second-order valence-corrected chi connectivity index (χ2v) is 2.63. The van der Waals surface area contributed by atoms with Crippen LogP contribution in [0.1, 0.15) is 19.3 Å². The van der Waals surface area contributed by atoms with E-state index in [0.717, 1.165) is 12.8 Å². The minimum absolute atomic E-state index is 0.192. The zero-order chi connectivity index (χ0) is 6.27. The van der Waals surface area contributed by atoms with Crippen LogP contribution in [0.2, 0.25) is 0 Å². The molecular formula is C6H9NO2. The molecule has 0 bridgehead atoms. The predicted octanol–water partition coefficient (Wildman–Crippen LogP) is 0.647. The Bertz CT molecular complexity index is 132. The lowest BCUT2D eigenvalue weighted by atomic mass is 10.2. The summed E-state index contributed by atoms with van der Waals surface area (Å²) < 4.78 is 4.94. The summed E-state index contributed by atoms with van der Waals surface area (Å²) in [5.41, 5.74) is 0. The molecule has 0 radical (unpaired) electrons. The Balaban J connectivity index is 2.09. The lowest BCUT2D eigenvalue weighted by Gasteiger charge is -2.02. The highest BCUT2D eigenvalue weighted by Gasteiger charge is 2.37. The Hall–Kier alpha value is -0.730. The molecule has 2 atom stereocenters. The predicted molar refractivity (Wildman–Crippen MR) is 31.0 cm³/mol. The van der Waals surface area contributed by atoms with E-state index < -0.39 is 0 Å². The first-order valence-corrected chi connectivity index (χ1v) is 3.33. The Labute approximate surface area is 53.4 Å². The van der Waals surface area contributed by atoms with Crippen LogP contribution >= 0.6 is 0 Å². The lowest BCUT2D eigenvalue weighted by molar-refractivity contribution is 0.137. The Morgan fingerprint density at radius 2 is 2.44 bits per heavy atom. The lowest BCUT2D eigenvalue weighted by Crippen LogP contribution is -2.26. The molecule has 3 nitrogen and oxygen atoms in total. The SMILES string of the molecule is O=C1N[C@H]2CCC[C@@H]2O1. The normalized spacial score (nSPS) is 39.8. The smallest absolute Gasteiger partial charge is 0.407 e. The van der Waals surface area contributed by atoms with Crippen molar-refractivity contribution < 1.29 is 9.53 Å². The highest BCUT2D eigenvalue weighted by atomic mass is 16.6. The van der Waals surface area contributed by atoms with Gasteiger partial charge in [-0.15, -0.1) is 0 Å².